The zero-order valence-corrected chi connectivity index (χ0v) is 17.9. The smallest absolute Gasteiger partial charge is 0.131 e. The number of thiophene rings is 1. The Hall–Kier alpha value is -3.13. The summed E-state index contributed by atoms with van der Waals surface area (Å²) >= 11 is 1.59. The molecule has 6 nitrogen and oxygen atoms in total. The van der Waals surface area contributed by atoms with Gasteiger partial charge in [0.1, 0.15) is 29.5 Å². The standard InChI is InChI=1S/C22H23FN4O2S/c1-4-29-16-10-21(30-12-16)18-11-22(26-13-25-18)24-5-6-27-14(2)7-17-19(27)8-15(23)9-20(17)28-3/h7-13H,4-6H2,1-3H3,(H,24,25,26). The van der Waals surface area contributed by atoms with E-state index in [-0.39, 0.29) is 5.82 Å². The van der Waals surface area contributed by atoms with Gasteiger partial charge >= 0.3 is 0 Å². The van der Waals surface area contributed by atoms with Crippen molar-refractivity contribution in [1.29, 1.82) is 0 Å². The fourth-order valence-electron chi connectivity index (χ4n) is 3.47. The SMILES string of the molecule is CCOc1csc(-c2cc(NCCn3c(C)cc4c(OC)cc(F)cc43)ncn2)c1. The maximum atomic E-state index is 14.0. The Kier molecular flexibility index (Phi) is 5.85. The monoisotopic (exact) mass is 426 g/mol. The molecule has 0 aliphatic heterocycles. The number of aryl methyl sites for hydroxylation is 1. The summed E-state index contributed by atoms with van der Waals surface area (Å²) in [6, 6.07) is 8.88. The van der Waals surface area contributed by atoms with E-state index < -0.39 is 0 Å². The van der Waals surface area contributed by atoms with Crippen LogP contribution in [0, 0.1) is 12.7 Å². The van der Waals surface area contributed by atoms with Gasteiger partial charge in [0.25, 0.3) is 0 Å². The molecule has 1 N–H and O–H groups in total. The van der Waals surface area contributed by atoms with Gasteiger partial charge < -0.3 is 19.4 Å². The van der Waals surface area contributed by atoms with Crippen molar-refractivity contribution in [3.05, 3.63) is 53.6 Å². The highest BCUT2D eigenvalue weighted by Crippen LogP contribution is 2.31. The largest absolute Gasteiger partial charge is 0.496 e. The van der Waals surface area contributed by atoms with Crippen molar-refractivity contribution in [1.82, 2.24) is 14.5 Å². The molecule has 156 valence electrons. The molecule has 4 rings (SSSR count). The van der Waals surface area contributed by atoms with E-state index in [1.165, 1.54) is 6.07 Å². The number of nitrogens with one attached hydrogen (secondary N) is 1. The van der Waals surface area contributed by atoms with E-state index in [9.17, 15) is 4.39 Å². The first-order chi connectivity index (χ1) is 14.6. The fourth-order valence-corrected chi connectivity index (χ4v) is 4.27. The molecule has 0 amide bonds. The molecule has 8 heteroatoms. The number of rotatable bonds is 8. The summed E-state index contributed by atoms with van der Waals surface area (Å²) in [5.41, 5.74) is 2.70. The van der Waals surface area contributed by atoms with Crippen molar-refractivity contribution in [3.63, 3.8) is 0 Å². The first-order valence-electron chi connectivity index (χ1n) is 9.70. The zero-order valence-electron chi connectivity index (χ0n) is 17.1. The lowest BCUT2D eigenvalue weighted by Gasteiger charge is -2.11. The minimum Gasteiger partial charge on any atom is -0.496 e. The average molecular weight is 427 g/mol. The minimum absolute atomic E-state index is 0.311. The number of aromatic nitrogens is 3. The maximum Gasteiger partial charge on any atom is 0.131 e. The molecule has 0 unspecified atom stereocenters. The van der Waals surface area contributed by atoms with Crippen molar-refractivity contribution < 1.29 is 13.9 Å². The maximum absolute atomic E-state index is 14.0. The third kappa shape index (κ3) is 4.09. The van der Waals surface area contributed by atoms with Crippen LogP contribution in [0.2, 0.25) is 0 Å². The summed E-state index contributed by atoms with van der Waals surface area (Å²) in [4.78, 5) is 9.71. The van der Waals surface area contributed by atoms with Gasteiger partial charge in [-0.3, -0.25) is 0 Å². The minimum atomic E-state index is -0.311. The summed E-state index contributed by atoms with van der Waals surface area (Å²) in [5.74, 6) is 1.82. The van der Waals surface area contributed by atoms with Crippen molar-refractivity contribution in [2.24, 2.45) is 0 Å². The van der Waals surface area contributed by atoms with Gasteiger partial charge in [-0.1, -0.05) is 0 Å². The molecule has 0 fully saturated rings. The number of halogens is 1. The van der Waals surface area contributed by atoms with Gasteiger partial charge in [-0.25, -0.2) is 14.4 Å². The Morgan fingerprint density at radius 3 is 2.83 bits per heavy atom. The molecule has 1 aromatic carbocycles. The van der Waals surface area contributed by atoms with E-state index in [0.717, 1.165) is 38.7 Å². The first-order valence-corrected chi connectivity index (χ1v) is 10.6. The van der Waals surface area contributed by atoms with Crippen molar-refractivity contribution in [3.8, 4) is 22.1 Å². The molecule has 0 spiro atoms. The molecule has 0 aliphatic carbocycles. The molecule has 0 radical (unpaired) electrons. The van der Waals surface area contributed by atoms with Gasteiger partial charge in [0.05, 0.1) is 29.8 Å². The number of ether oxygens (including phenoxy) is 2. The van der Waals surface area contributed by atoms with Crippen molar-refractivity contribution >= 4 is 28.1 Å². The van der Waals surface area contributed by atoms with Crippen molar-refractivity contribution in [2.75, 3.05) is 25.6 Å². The van der Waals surface area contributed by atoms with E-state index in [2.05, 4.69) is 19.9 Å². The van der Waals surface area contributed by atoms with E-state index in [0.29, 0.717) is 25.4 Å². The topological polar surface area (TPSA) is 61.2 Å². The van der Waals surface area contributed by atoms with Gasteiger partial charge in [-0.2, -0.15) is 0 Å². The fraction of sp³-hybridized carbons (Fsp3) is 0.273. The second-order valence-corrected chi connectivity index (χ2v) is 7.68. The number of benzene rings is 1. The van der Waals surface area contributed by atoms with Crippen LogP contribution < -0.4 is 14.8 Å². The lowest BCUT2D eigenvalue weighted by atomic mass is 10.2. The number of fused-ring (bicyclic) bond motifs is 1. The van der Waals surface area contributed by atoms with Crippen LogP contribution in [0.5, 0.6) is 11.5 Å². The lowest BCUT2D eigenvalue weighted by molar-refractivity contribution is 0.342. The average Bonchev–Trinajstić information content (AvgIpc) is 3.33. The van der Waals surface area contributed by atoms with Gasteiger partial charge in [0, 0.05) is 47.7 Å². The third-order valence-electron chi connectivity index (χ3n) is 4.82. The molecule has 0 bridgehead atoms. The molecular weight excluding hydrogens is 403 g/mol. The second kappa shape index (κ2) is 8.71. The number of anilines is 1. The molecule has 0 saturated heterocycles. The lowest BCUT2D eigenvalue weighted by Crippen LogP contribution is -2.12. The Balaban J connectivity index is 1.48. The first kappa shape index (κ1) is 20.2. The quantitative estimate of drug-likeness (QED) is 0.423. The van der Waals surface area contributed by atoms with Crippen LogP contribution in [0.4, 0.5) is 10.2 Å². The summed E-state index contributed by atoms with van der Waals surface area (Å²) in [7, 11) is 1.56. The Morgan fingerprint density at radius 2 is 2.03 bits per heavy atom. The summed E-state index contributed by atoms with van der Waals surface area (Å²) in [6.45, 7) is 5.90. The Labute approximate surface area is 178 Å². The Morgan fingerprint density at radius 1 is 1.17 bits per heavy atom. The Bertz CT molecular complexity index is 1170. The van der Waals surface area contributed by atoms with Crippen LogP contribution in [0.25, 0.3) is 21.5 Å². The molecule has 3 heterocycles. The van der Waals surface area contributed by atoms with E-state index in [1.807, 2.05) is 37.4 Å². The van der Waals surface area contributed by atoms with Gasteiger partial charge in [-0.15, -0.1) is 11.3 Å². The second-order valence-electron chi connectivity index (χ2n) is 6.77. The summed E-state index contributed by atoms with van der Waals surface area (Å²) in [6.07, 6.45) is 1.55. The van der Waals surface area contributed by atoms with Crippen LogP contribution in [0.3, 0.4) is 0 Å². The van der Waals surface area contributed by atoms with E-state index in [4.69, 9.17) is 9.47 Å². The number of methoxy groups -OCH3 is 1. The molecule has 3 aromatic heterocycles. The number of hydrogen-bond acceptors (Lipinski definition) is 6. The normalized spacial score (nSPS) is 11.1. The van der Waals surface area contributed by atoms with Gasteiger partial charge in [-0.05, 0) is 26.0 Å². The van der Waals surface area contributed by atoms with Crippen LogP contribution in [0.1, 0.15) is 12.6 Å². The predicted molar refractivity (Wildman–Crippen MR) is 118 cm³/mol. The van der Waals surface area contributed by atoms with Crippen molar-refractivity contribution in [2.45, 2.75) is 20.4 Å². The van der Waals surface area contributed by atoms with Crippen LogP contribution in [0.15, 0.2) is 42.0 Å². The van der Waals surface area contributed by atoms with Crippen LogP contribution >= 0.6 is 11.3 Å². The predicted octanol–water partition coefficient (Wildman–Crippen LogP) is 5.13. The molecule has 0 aliphatic rings. The summed E-state index contributed by atoms with van der Waals surface area (Å²) < 4.78 is 26.9. The molecule has 30 heavy (non-hydrogen) atoms. The number of hydrogen-bond donors (Lipinski definition) is 1. The van der Waals surface area contributed by atoms with Crippen LogP contribution in [-0.4, -0.2) is 34.8 Å². The van der Waals surface area contributed by atoms with Gasteiger partial charge in [0.15, 0.2) is 0 Å². The molecule has 0 atom stereocenters. The third-order valence-corrected chi connectivity index (χ3v) is 5.75. The van der Waals surface area contributed by atoms with Gasteiger partial charge in [0.2, 0.25) is 0 Å². The highest BCUT2D eigenvalue weighted by Gasteiger charge is 2.12. The highest BCUT2D eigenvalue weighted by atomic mass is 32.1. The van der Waals surface area contributed by atoms with Crippen LogP contribution in [-0.2, 0) is 6.54 Å². The summed E-state index contributed by atoms with van der Waals surface area (Å²) in [5, 5.41) is 6.22. The van der Waals surface area contributed by atoms with E-state index in [1.54, 1.807) is 30.8 Å². The molecule has 4 aromatic rings. The van der Waals surface area contributed by atoms with E-state index >= 15 is 0 Å². The zero-order chi connectivity index (χ0) is 21.1. The number of nitrogens with zero attached hydrogens (tertiary/aromatic N) is 3. The molecule has 0 saturated carbocycles. The molecular formula is C22H23FN4O2S. The highest BCUT2D eigenvalue weighted by molar-refractivity contribution is 7.13.